The molecule has 4 aromatic rings. The van der Waals surface area contributed by atoms with Gasteiger partial charge in [0.2, 0.25) is 6.79 Å². The molecule has 4 aromatic carbocycles. The summed E-state index contributed by atoms with van der Waals surface area (Å²) >= 11 is 0. The van der Waals surface area contributed by atoms with Crippen LogP contribution in [0.3, 0.4) is 0 Å². The van der Waals surface area contributed by atoms with Crippen LogP contribution in [0.5, 0.6) is 11.5 Å². The summed E-state index contributed by atoms with van der Waals surface area (Å²) in [7, 11) is 2.47. The van der Waals surface area contributed by atoms with Crippen LogP contribution in [0.25, 0.3) is 5.70 Å². The van der Waals surface area contributed by atoms with Crippen LogP contribution >= 0.6 is 0 Å². The number of hydrogen-bond donors (Lipinski definition) is 0. The number of nitrogens with zero attached hydrogens (tertiary/aromatic N) is 3. The predicted octanol–water partition coefficient (Wildman–Crippen LogP) is 9.79. The molecule has 0 aliphatic carbocycles. The van der Waals surface area contributed by atoms with Gasteiger partial charge in [0.05, 0.1) is 18.4 Å². The zero-order valence-electron chi connectivity index (χ0n) is 27.6. The van der Waals surface area contributed by atoms with E-state index < -0.39 is 23.7 Å². The lowest BCUT2D eigenvalue weighted by atomic mass is 10.0. The first kappa shape index (κ1) is 37.1. The maximum absolute atomic E-state index is 14.1. The van der Waals surface area contributed by atoms with Crippen LogP contribution in [-0.4, -0.2) is 49.7 Å². The number of rotatable bonds is 12. The molecule has 0 saturated heterocycles. The maximum Gasteiger partial charge on any atom is 0.416 e. The van der Waals surface area contributed by atoms with E-state index in [1.807, 2.05) is 79.9 Å². The highest BCUT2D eigenvalue weighted by Crippen LogP contribution is 2.36. The van der Waals surface area contributed by atoms with Crippen LogP contribution in [0, 0.1) is 0 Å². The molecule has 0 amide bonds. The highest BCUT2D eigenvalue weighted by atomic mass is 19.4. The van der Waals surface area contributed by atoms with Crippen LogP contribution < -0.4 is 9.47 Å². The van der Waals surface area contributed by atoms with E-state index in [1.54, 1.807) is 17.0 Å². The second-order valence-electron chi connectivity index (χ2n) is 11.3. The number of alkyl halides is 6. The molecular weight excluding hydrogens is 644 g/mol. The predicted molar refractivity (Wildman–Crippen MR) is 180 cm³/mol. The Morgan fingerprint density at radius 3 is 2.12 bits per heavy atom. The Morgan fingerprint density at radius 2 is 1.49 bits per heavy atom. The summed E-state index contributed by atoms with van der Waals surface area (Å²) in [5.41, 5.74) is 1.48. The fourth-order valence-electron chi connectivity index (χ4n) is 5.45. The number of fused-ring (bicyclic) bond motifs is 1. The molecule has 260 valence electrons. The van der Waals surface area contributed by atoms with Gasteiger partial charge in [0.1, 0.15) is 5.84 Å². The van der Waals surface area contributed by atoms with Gasteiger partial charge in [0.25, 0.3) is 6.43 Å². The number of hydrogen-bond acceptors (Lipinski definition) is 4. The van der Waals surface area contributed by atoms with E-state index in [4.69, 9.17) is 14.5 Å². The Bertz CT molecular complexity index is 1700. The standard InChI is InChI=1S/C37H36F5N3O2.CH3F/c1-3-19-44(2)36(28-12-8-5-9-13-28)43-32(27-10-6-4-7-11-27)18-20-45(23-26-14-17-33-34(21-26)47-25-46-33)24-30-22-29(35(38)39)15-16-31(30)37(40,41)42;1-2/h4-18,21-22,35H,3,19-20,23-25H2,1-2H3;1H3/b32-18+,43-36?;. The first-order chi connectivity index (χ1) is 23.6. The first-order valence-corrected chi connectivity index (χ1v) is 15.7. The lowest BCUT2D eigenvalue weighted by Gasteiger charge is -2.25. The number of halogens is 6. The zero-order chi connectivity index (χ0) is 35.4. The van der Waals surface area contributed by atoms with Gasteiger partial charge < -0.3 is 14.4 Å². The second-order valence-corrected chi connectivity index (χ2v) is 11.3. The van der Waals surface area contributed by atoms with Gasteiger partial charge >= 0.3 is 6.18 Å². The molecule has 0 aromatic heterocycles. The average Bonchev–Trinajstić information content (AvgIpc) is 3.57. The molecule has 1 aliphatic heterocycles. The van der Waals surface area contributed by atoms with E-state index in [9.17, 15) is 26.3 Å². The van der Waals surface area contributed by atoms with Gasteiger partial charge in [-0.25, -0.2) is 13.8 Å². The van der Waals surface area contributed by atoms with Crippen molar-refractivity contribution in [1.29, 1.82) is 0 Å². The fraction of sp³-hybridized carbons (Fsp3) is 0.289. The quantitative estimate of drug-likeness (QED) is 0.0847. The summed E-state index contributed by atoms with van der Waals surface area (Å²) in [5.74, 6) is 1.86. The molecule has 5 nitrogen and oxygen atoms in total. The highest BCUT2D eigenvalue weighted by Gasteiger charge is 2.34. The minimum Gasteiger partial charge on any atom is -0.454 e. The van der Waals surface area contributed by atoms with Crippen LogP contribution in [0.1, 0.15) is 53.2 Å². The molecule has 1 heterocycles. The number of benzene rings is 4. The van der Waals surface area contributed by atoms with Crippen molar-refractivity contribution in [1.82, 2.24) is 9.80 Å². The lowest BCUT2D eigenvalue weighted by molar-refractivity contribution is -0.138. The zero-order valence-corrected chi connectivity index (χ0v) is 27.6. The molecule has 49 heavy (non-hydrogen) atoms. The van der Waals surface area contributed by atoms with Gasteiger partial charge in [-0.05, 0) is 53.5 Å². The molecule has 1 aliphatic rings. The van der Waals surface area contributed by atoms with Crippen LogP contribution in [0.4, 0.5) is 26.3 Å². The SMILES string of the molecule is CCCN(C)C(=N/C(=C/CN(Cc1ccc2c(c1)OCO2)Cc1cc(C(F)F)ccc1C(F)(F)F)c1ccccc1)c1ccccc1.CF. The maximum atomic E-state index is 14.1. The summed E-state index contributed by atoms with van der Waals surface area (Å²) in [4.78, 5) is 8.97. The van der Waals surface area contributed by atoms with Gasteiger partial charge in [-0.3, -0.25) is 9.29 Å². The Balaban J connectivity index is 0.00000265. The third-order valence-corrected chi connectivity index (χ3v) is 7.72. The third-order valence-electron chi connectivity index (χ3n) is 7.72. The van der Waals surface area contributed by atoms with Crippen LogP contribution in [0.15, 0.2) is 108 Å². The molecule has 0 unspecified atom stereocenters. The number of ether oxygens (including phenoxy) is 2. The summed E-state index contributed by atoms with van der Waals surface area (Å²) in [5, 5.41) is 0. The topological polar surface area (TPSA) is 37.3 Å². The van der Waals surface area contributed by atoms with Crippen molar-refractivity contribution >= 4 is 11.5 Å². The normalized spacial score (nSPS) is 13.0. The number of amidine groups is 1. The Kier molecular flexibility index (Phi) is 13.3. The molecule has 0 spiro atoms. The van der Waals surface area contributed by atoms with Crippen molar-refractivity contribution in [2.45, 2.75) is 39.0 Å². The highest BCUT2D eigenvalue weighted by molar-refractivity contribution is 6.01. The van der Waals surface area contributed by atoms with Crippen LogP contribution in [0.2, 0.25) is 0 Å². The van der Waals surface area contributed by atoms with E-state index in [0.717, 1.165) is 53.7 Å². The fourth-order valence-corrected chi connectivity index (χ4v) is 5.45. The van der Waals surface area contributed by atoms with Crippen molar-refractivity contribution < 1.29 is 35.8 Å². The van der Waals surface area contributed by atoms with Gasteiger partial charge in [-0.2, -0.15) is 13.2 Å². The second kappa shape index (κ2) is 17.6. The molecule has 0 fully saturated rings. The van der Waals surface area contributed by atoms with Gasteiger partial charge in [0, 0.05) is 44.4 Å². The van der Waals surface area contributed by atoms with Crippen molar-refractivity contribution in [2.75, 3.05) is 34.1 Å². The number of aliphatic imine (C=N–C) groups is 1. The molecule has 5 rings (SSSR count). The first-order valence-electron chi connectivity index (χ1n) is 15.7. The lowest BCUT2D eigenvalue weighted by Crippen LogP contribution is -2.28. The Hall–Kier alpha value is -4.77. The molecule has 0 radical (unpaired) electrons. The summed E-state index contributed by atoms with van der Waals surface area (Å²) in [6, 6.07) is 27.2. The smallest absolute Gasteiger partial charge is 0.416 e. The van der Waals surface area contributed by atoms with E-state index in [2.05, 4.69) is 11.8 Å². The van der Waals surface area contributed by atoms with E-state index in [-0.39, 0.29) is 32.0 Å². The monoisotopic (exact) mass is 683 g/mol. The molecule has 0 N–H and O–H groups in total. The largest absolute Gasteiger partial charge is 0.454 e. The van der Waals surface area contributed by atoms with Crippen molar-refractivity contribution in [3.63, 3.8) is 0 Å². The van der Waals surface area contributed by atoms with Crippen LogP contribution in [-0.2, 0) is 19.3 Å². The van der Waals surface area contributed by atoms with Gasteiger partial charge in [-0.15, -0.1) is 0 Å². The van der Waals surface area contributed by atoms with Gasteiger partial charge in [0.15, 0.2) is 11.5 Å². The minimum atomic E-state index is -4.72. The summed E-state index contributed by atoms with van der Waals surface area (Å²) < 4.78 is 90.1. The van der Waals surface area contributed by atoms with Crippen molar-refractivity contribution in [3.05, 3.63) is 137 Å². The Morgan fingerprint density at radius 1 is 0.837 bits per heavy atom. The molecular formula is C38H39F6N3O2. The molecule has 0 saturated carbocycles. The molecule has 0 bridgehead atoms. The molecule has 0 atom stereocenters. The average molecular weight is 684 g/mol. The van der Waals surface area contributed by atoms with E-state index in [1.165, 1.54) is 0 Å². The van der Waals surface area contributed by atoms with E-state index >= 15 is 0 Å². The van der Waals surface area contributed by atoms with E-state index in [0.29, 0.717) is 24.4 Å². The summed E-state index contributed by atoms with van der Waals surface area (Å²) in [6.07, 6.45) is -4.86. The minimum absolute atomic E-state index is 0.0786. The third kappa shape index (κ3) is 10.1. The van der Waals surface area contributed by atoms with Crippen molar-refractivity contribution in [3.8, 4) is 11.5 Å². The molecule has 11 heteroatoms. The van der Waals surface area contributed by atoms with Crippen molar-refractivity contribution in [2.24, 2.45) is 4.99 Å². The summed E-state index contributed by atoms with van der Waals surface area (Å²) in [6.45, 7) is 3.04. The Labute approximate surface area is 283 Å². The van der Waals surface area contributed by atoms with Gasteiger partial charge in [-0.1, -0.05) is 79.7 Å².